The molecule has 0 aromatic carbocycles. The van der Waals surface area contributed by atoms with Gasteiger partial charge in [-0.1, -0.05) is 0 Å². The van der Waals surface area contributed by atoms with E-state index < -0.39 is 23.7 Å². The highest BCUT2D eigenvalue weighted by molar-refractivity contribution is 6.01. The minimum Gasteiger partial charge on any atom is -0.398 e. The molecule has 1 atom stereocenters. The van der Waals surface area contributed by atoms with Crippen molar-refractivity contribution in [1.29, 1.82) is 0 Å². The SMILES string of the molecule is NC(=NC1CCC(C(N2CCNCC2)C(F)(F)F)CC1)c1c(N)cc[nH]c1=O. The molecule has 7 nitrogen and oxygen atoms in total. The van der Waals surface area contributed by atoms with Gasteiger partial charge in [-0.25, -0.2) is 0 Å². The first-order valence-corrected chi connectivity index (χ1v) is 9.59. The molecule has 6 N–H and O–H groups in total. The molecule has 156 valence electrons. The van der Waals surface area contributed by atoms with Crippen molar-refractivity contribution in [1.82, 2.24) is 15.2 Å². The van der Waals surface area contributed by atoms with Crippen molar-refractivity contribution in [2.75, 3.05) is 31.9 Å². The number of amidine groups is 1. The number of alkyl halides is 3. The van der Waals surface area contributed by atoms with Crippen molar-refractivity contribution >= 4 is 11.5 Å². The van der Waals surface area contributed by atoms with Gasteiger partial charge in [0, 0.05) is 38.1 Å². The van der Waals surface area contributed by atoms with Gasteiger partial charge < -0.3 is 21.8 Å². The number of aromatic nitrogens is 1. The van der Waals surface area contributed by atoms with Gasteiger partial charge in [0.05, 0.1) is 6.04 Å². The molecule has 1 aliphatic carbocycles. The van der Waals surface area contributed by atoms with E-state index in [9.17, 15) is 18.0 Å². The Morgan fingerprint density at radius 1 is 1.21 bits per heavy atom. The van der Waals surface area contributed by atoms with Crippen molar-refractivity contribution in [2.24, 2.45) is 16.6 Å². The summed E-state index contributed by atoms with van der Waals surface area (Å²) in [5.41, 5.74) is 11.7. The minimum absolute atomic E-state index is 0.0391. The summed E-state index contributed by atoms with van der Waals surface area (Å²) in [4.78, 5) is 20.4. The molecule has 0 amide bonds. The van der Waals surface area contributed by atoms with Crippen LogP contribution >= 0.6 is 0 Å². The summed E-state index contributed by atoms with van der Waals surface area (Å²) in [6.45, 7) is 1.97. The maximum atomic E-state index is 13.7. The Hall–Kier alpha value is -2.07. The third-order valence-corrected chi connectivity index (χ3v) is 5.64. The summed E-state index contributed by atoms with van der Waals surface area (Å²) >= 11 is 0. The van der Waals surface area contributed by atoms with Crippen LogP contribution in [0.1, 0.15) is 31.2 Å². The smallest absolute Gasteiger partial charge is 0.398 e. The van der Waals surface area contributed by atoms with Gasteiger partial charge in [0.25, 0.3) is 5.56 Å². The number of aromatic amines is 1. The van der Waals surface area contributed by atoms with Crippen LogP contribution in [0.4, 0.5) is 18.9 Å². The second kappa shape index (κ2) is 8.52. The molecule has 28 heavy (non-hydrogen) atoms. The quantitative estimate of drug-likeness (QED) is 0.446. The zero-order valence-corrected chi connectivity index (χ0v) is 15.6. The monoisotopic (exact) mass is 400 g/mol. The van der Waals surface area contributed by atoms with Gasteiger partial charge in [0.2, 0.25) is 0 Å². The lowest BCUT2D eigenvalue weighted by atomic mass is 9.80. The molecule has 0 bridgehead atoms. The molecule has 2 aliphatic rings. The Kier molecular flexibility index (Phi) is 6.29. The summed E-state index contributed by atoms with van der Waals surface area (Å²) in [6.07, 6.45) is -0.953. The molecular weight excluding hydrogens is 373 g/mol. The number of piperazine rings is 1. The van der Waals surface area contributed by atoms with Gasteiger partial charge in [-0.05, 0) is 37.7 Å². The average Bonchev–Trinajstić information content (AvgIpc) is 2.63. The van der Waals surface area contributed by atoms with E-state index in [1.54, 1.807) is 4.90 Å². The molecular formula is C18H27F3N6O. The number of aliphatic imine (C=N–C) groups is 1. The van der Waals surface area contributed by atoms with E-state index in [0.29, 0.717) is 51.9 Å². The first kappa shape index (κ1) is 20.7. The number of pyridine rings is 1. The molecule has 1 aromatic rings. The summed E-state index contributed by atoms with van der Waals surface area (Å²) in [6, 6.07) is -0.0890. The summed E-state index contributed by atoms with van der Waals surface area (Å²) in [5, 5.41) is 3.10. The number of H-pyrrole nitrogens is 1. The second-order valence-corrected chi connectivity index (χ2v) is 7.49. The third kappa shape index (κ3) is 4.67. The van der Waals surface area contributed by atoms with Gasteiger partial charge >= 0.3 is 6.18 Å². The van der Waals surface area contributed by atoms with Crippen molar-refractivity contribution in [3.05, 3.63) is 28.2 Å². The number of hydrogen-bond donors (Lipinski definition) is 4. The molecule has 1 unspecified atom stereocenters. The number of nitrogen functional groups attached to an aromatic ring is 1. The molecule has 0 radical (unpaired) electrons. The lowest BCUT2D eigenvalue weighted by Crippen LogP contribution is -2.57. The van der Waals surface area contributed by atoms with Gasteiger partial charge in [0.1, 0.15) is 17.4 Å². The fraction of sp³-hybridized carbons (Fsp3) is 0.667. The summed E-state index contributed by atoms with van der Waals surface area (Å²) in [5.74, 6) is -0.409. The van der Waals surface area contributed by atoms with E-state index in [-0.39, 0.29) is 23.1 Å². The Morgan fingerprint density at radius 2 is 1.86 bits per heavy atom. The average molecular weight is 400 g/mol. The Morgan fingerprint density at radius 3 is 2.43 bits per heavy atom. The van der Waals surface area contributed by atoms with Crippen LogP contribution in [0.25, 0.3) is 0 Å². The lowest BCUT2D eigenvalue weighted by Gasteiger charge is -2.42. The highest BCUT2D eigenvalue weighted by Crippen LogP contribution is 2.38. The topological polar surface area (TPSA) is 113 Å². The number of hydrogen-bond acceptors (Lipinski definition) is 5. The molecule has 3 rings (SSSR count). The molecule has 1 saturated heterocycles. The number of rotatable bonds is 4. The highest BCUT2D eigenvalue weighted by Gasteiger charge is 2.48. The van der Waals surface area contributed by atoms with Crippen LogP contribution in [-0.4, -0.2) is 60.2 Å². The van der Waals surface area contributed by atoms with Crippen LogP contribution < -0.4 is 22.3 Å². The fourth-order valence-corrected chi connectivity index (χ4v) is 4.30. The number of nitrogens with zero attached hydrogens (tertiary/aromatic N) is 2. The largest absolute Gasteiger partial charge is 0.404 e. The van der Waals surface area contributed by atoms with Crippen molar-refractivity contribution in [2.45, 2.75) is 43.9 Å². The van der Waals surface area contributed by atoms with Crippen LogP contribution in [0, 0.1) is 5.92 Å². The van der Waals surface area contributed by atoms with Crippen LogP contribution in [0.3, 0.4) is 0 Å². The fourth-order valence-electron chi connectivity index (χ4n) is 4.30. The molecule has 1 aromatic heterocycles. The maximum Gasteiger partial charge on any atom is 0.404 e. The zero-order valence-electron chi connectivity index (χ0n) is 15.6. The van der Waals surface area contributed by atoms with Crippen LogP contribution in [-0.2, 0) is 0 Å². The van der Waals surface area contributed by atoms with Gasteiger partial charge in [-0.3, -0.25) is 14.7 Å². The normalized spacial score (nSPS) is 26.2. The maximum absolute atomic E-state index is 13.7. The predicted molar refractivity (Wildman–Crippen MR) is 102 cm³/mol. The molecule has 2 fully saturated rings. The van der Waals surface area contributed by atoms with Gasteiger partial charge in [-0.2, -0.15) is 13.2 Å². The van der Waals surface area contributed by atoms with E-state index in [2.05, 4.69) is 15.3 Å². The van der Waals surface area contributed by atoms with Gasteiger partial charge in [-0.15, -0.1) is 0 Å². The molecule has 1 saturated carbocycles. The van der Waals surface area contributed by atoms with Crippen LogP contribution in [0.5, 0.6) is 0 Å². The lowest BCUT2D eigenvalue weighted by molar-refractivity contribution is -0.202. The van der Waals surface area contributed by atoms with Crippen molar-refractivity contribution in [3.63, 3.8) is 0 Å². The van der Waals surface area contributed by atoms with E-state index in [0.717, 1.165) is 0 Å². The highest BCUT2D eigenvalue weighted by atomic mass is 19.4. The standard InChI is InChI=1S/C18H27F3N6O/c19-18(20,21)15(27-9-7-24-8-10-27)11-1-3-12(4-2-11)26-16(23)14-13(22)5-6-25-17(14)28/h5-6,11-12,15,24H,1-4,7-10H2,(H2,23,26)(H3,22,25,28). The molecule has 10 heteroatoms. The second-order valence-electron chi connectivity index (χ2n) is 7.49. The van der Waals surface area contributed by atoms with E-state index in [4.69, 9.17) is 11.5 Å². The predicted octanol–water partition coefficient (Wildman–Crippen LogP) is 1.06. The Balaban J connectivity index is 1.68. The van der Waals surface area contributed by atoms with Crippen molar-refractivity contribution < 1.29 is 13.2 Å². The number of nitrogens with two attached hydrogens (primary N) is 2. The van der Waals surface area contributed by atoms with Crippen molar-refractivity contribution in [3.8, 4) is 0 Å². The number of nitrogens with one attached hydrogen (secondary N) is 2. The molecule has 2 heterocycles. The third-order valence-electron chi connectivity index (χ3n) is 5.64. The van der Waals surface area contributed by atoms with Gasteiger partial charge in [0.15, 0.2) is 0 Å². The minimum atomic E-state index is -4.25. The summed E-state index contributed by atoms with van der Waals surface area (Å²) in [7, 11) is 0. The Bertz CT molecular complexity index is 748. The van der Waals surface area contributed by atoms with E-state index in [1.807, 2.05) is 0 Å². The van der Waals surface area contributed by atoms with Crippen LogP contribution in [0.15, 0.2) is 22.1 Å². The van der Waals surface area contributed by atoms with Crippen LogP contribution in [0.2, 0.25) is 0 Å². The number of anilines is 1. The first-order valence-electron chi connectivity index (χ1n) is 9.59. The first-order chi connectivity index (χ1) is 13.3. The molecule has 1 aliphatic heterocycles. The molecule has 0 spiro atoms. The number of halogens is 3. The van der Waals surface area contributed by atoms with E-state index >= 15 is 0 Å². The zero-order chi connectivity index (χ0) is 20.3. The Labute approximate surface area is 161 Å². The summed E-state index contributed by atoms with van der Waals surface area (Å²) < 4.78 is 41.2. The van der Waals surface area contributed by atoms with E-state index in [1.165, 1.54) is 12.3 Å².